The van der Waals surface area contributed by atoms with Gasteiger partial charge in [0.1, 0.15) is 11.5 Å². The summed E-state index contributed by atoms with van der Waals surface area (Å²) in [7, 11) is -3.76. The van der Waals surface area contributed by atoms with E-state index in [9.17, 15) is 8.42 Å². The molecule has 20 heavy (non-hydrogen) atoms. The molecule has 108 valence electrons. The average Bonchev–Trinajstić information content (AvgIpc) is 2.77. The number of furan rings is 1. The molecule has 0 radical (unpaired) electrons. The van der Waals surface area contributed by atoms with Gasteiger partial charge in [-0.3, -0.25) is 0 Å². The number of nitrogens with two attached hydrogens (primary N) is 1. The second kappa shape index (κ2) is 5.47. The molecular weight excluding hydrogens is 300 g/mol. The van der Waals surface area contributed by atoms with Gasteiger partial charge in [-0.15, -0.1) is 0 Å². The molecule has 0 aliphatic carbocycles. The van der Waals surface area contributed by atoms with E-state index in [0.717, 1.165) is 11.5 Å². The van der Waals surface area contributed by atoms with Crippen LogP contribution in [0.1, 0.15) is 24.5 Å². The highest BCUT2D eigenvalue weighted by molar-refractivity contribution is 7.89. The van der Waals surface area contributed by atoms with Crippen molar-refractivity contribution in [2.75, 3.05) is 5.32 Å². The zero-order valence-corrected chi connectivity index (χ0v) is 12.6. The Kier molecular flexibility index (Phi) is 4.08. The Balaban J connectivity index is 2.29. The molecule has 0 fully saturated rings. The van der Waals surface area contributed by atoms with E-state index in [2.05, 4.69) is 5.32 Å². The van der Waals surface area contributed by atoms with E-state index in [1.54, 1.807) is 0 Å². The second-order valence-corrected chi connectivity index (χ2v) is 6.47. The van der Waals surface area contributed by atoms with E-state index >= 15 is 0 Å². The van der Waals surface area contributed by atoms with Gasteiger partial charge in [0.05, 0.1) is 21.6 Å². The van der Waals surface area contributed by atoms with Gasteiger partial charge in [0.2, 0.25) is 10.0 Å². The van der Waals surface area contributed by atoms with Crippen LogP contribution in [0.5, 0.6) is 0 Å². The summed E-state index contributed by atoms with van der Waals surface area (Å²) in [5, 5.41) is 8.62. The van der Waals surface area contributed by atoms with Crippen molar-refractivity contribution in [1.29, 1.82) is 0 Å². The summed E-state index contributed by atoms with van der Waals surface area (Å²) < 4.78 is 28.2. The minimum absolute atomic E-state index is 0.00669. The molecule has 0 aliphatic heterocycles. The van der Waals surface area contributed by atoms with E-state index in [1.807, 2.05) is 26.0 Å². The van der Waals surface area contributed by atoms with Gasteiger partial charge in [0.15, 0.2) is 0 Å². The first-order chi connectivity index (χ1) is 9.27. The summed E-state index contributed by atoms with van der Waals surface area (Å²) in [4.78, 5) is 0.00669. The lowest BCUT2D eigenvalue weighted by atomic mass is 10.2. The Labute approximate surface area is 122 Å². The molecule has 1 heterocycles. The van der Waals surface area contributed by atoms with Crippen LogP contribution in [0.2, 0.25) is 5.02 Å². The van der Waals surface area contributed by atoms with Crippen LogP contribution in [-0.4, -0.2) is 8.42 Å². The molecule has 1 aromatic heterocycles. The van der Waals surface area contributed by atoms with Crippen molar-refractivity contribution in [3.63, 3.8) is 0 Å². The number of benzene rings is 1. The van der Waals surface area contributed by atoms with Crippen LogP contribution in [-0.2, 0) is 10.0 Å². The summed E-state index contributed by atoms with van der Waals surface area (Å²) >= 11 is 6.05. The summed E-state index contributed by atoms with van der Waals surface area (Å²) in [6.45, 7) is 3.74. The Bertz CT molecular complexity index is 725. The number of primary sulfonamides is 1. The molecule has 0 bridgehead atoms. The van der Waals surface area contributed by atoms with Gasteiger partial charge < -0.3 is 9.73 Å². The standard InChI is InChI=1S/C13H15ClN2O3S/c1-8-3-6-13(19-8)9(2)16-12-7-10(20(15,17)18)4-5-11(12)14/h3-7,9,16H,1-2H3,(H2,15,17,18). The first-order valence-electron chi connectivity index (χ1n) is 5.92. The molecular formula is C13H15ClN2O3S. The summed E-state index contributed by atoms with van der Waals surface area (Å²) in [6, 6.07) is 7.82. The quantitative estimate of drug-likeness (QED) is 0.908. The van der Waals surface area contributed by atoms with Gasteiger partial charge in [-0.25, -0.2) is 13.6 Å². The highest BCUT2D eigenvalue weighted by atomic mass is 35.5. The third kappa shape index (κ3) is 3.33. The first-order valence-corrected chi connectivity index (χ1v) is 7.85. The van der Waals surface area contributed by atoms with Crippen molar-refractivity contribution in [2.24, 2.45) is 5.14 Å². The molecule has 0 saturated carbocycles. The van der Waals surface area contributed by atoms with E-state index in [1.165, 1.54) is 18.2 Å². The minimum Gasteiger partial charge on any atom is -0.464 e. The van der Waals surface area contributed by atoms with Gasteiger partial charge in [-0.05, 0) is 44.2 Å². The Morgan fingerprint density at radius 3 is 2.55 bits per heavy atom. The third-order valence-corrected chi connectivity index (χ3v) is 4.07. The van der Waals surface area contributed by atoms with Crippen molar-refractivity contribution >= 4 is 27.3 Å². The number of anilines is 1. The number of hydrogen-bond donors (Lipinski definition) is 2. The average molecular weight is 315 g/mol. The van der Waals surface area contributed by atoms with E-state index < -0.39 is 10.0 Å². The topological polar surface area (TPSA) is 85.3 Å². The van der Waals surface area contributed by atoms with Crippen molar-refractivity contribution < 1.29 is 12.8 Å². The lowest BCUT2D eigenvalue weighted by Gasteiger charge is -2.15. The molecule has 2 aromatic rings. The molecule has 0 saturated heterocycles. The normalized spacial score (nSPS) is 13.2. The van der Waals surface area contributed by atoms with Gasteiger partial charge in [-0.1, -0.05) is 11.6 Å². The number of halogens is 1. The van der Waals surface area contributed by atoms with Crippen LogP contribution < -0.4 is 10.5 Å². The monoisotopic (exact) mass is 314 g/mol. The van der Waals surface area contributed by atoms with Crippen molar-refractivity contribution in [2.45, 2.75) is 24.8 Å². The molecule has 0 aliphatic rings. The van der Waals surface area contributed by atoms with Crippen molar-refractivity contribution in [3.05, 3.63) is 46.9 Å². The Morgan fingerprint density at radius 2 is 2.00 bits per heavy atom. The Hall–Kier alpha value is -1.50. The molecule has 7 heteroatoms. The molecule has 1 unspecified atom stereocenters. The Morgan fingerprint density at radius 1 is 1.30 bits per heavy atom. The highest BCUT2D eigenvalue weighted by Crippen LogP contribution is 2.29. The molecule has 0 amide bonds. The van der Waals surface area contributed by atoms with Gasteiger partial charge in [0.25, 0.3) is 0 Å². The van der Waals surface area contributed by atoms with Crippen LogP contribution >= 0.6 is 11.6 Å². The van der Waals surface area contributed by atoms with E-state index in [0.29, 0.717) is 10.7 Å². The van der Waals surface area contributed by atoms with Gasteiger partial charge >= 0.3 is 0 Å². The maximum atomic E-state index is 11.3. The lowest BCUT2D eigenvalue weighted by molar-refractivity contribution is 0.467. The number of aryl methyl sites for hydroxylation is 1. The van der Waals surface area contributed by atoms with Crippen LogP contribution in [0.15, 0.2) is 39.6 Å². The van der Waals surface area contributed by atoms with Crippen molar-refractivity contribution in [1.82, 2.24) is 0 Å². The SMILES string of the molecule is Cc1ccc(C(C)Nc2cc(S(N)(=O)=O)ccc2Cl)o1. The minimum atomic E-state index is -3.76. The predicted octanol–water partition coefficient (Wildman–Crippen LogP) is 3.06. The van der Waals surface area contributed by atoms with Crippen LogP contribution in [0.3, 0.4) is 0 Å². The van der Waals surface area contributed by atoms with Crippen LogP contribution in [0.25, 0.3) is 0 Å². The zero-order valence-electron chi connectivity index (χ0n) is 11.1. The smallest absolute Gasteiger partial charge is 0.238 e. The molecule has 2 rings (SSSR count). The summed E-state index contributed by atoms with van der Waals surface area (Å²) in [6.07, 6.45) is 0. The predicted molar refractivity (Wildman–Crippen MR) is 78.3 cm³/mol. The number of hydrogen-bond acceptors (Lipinski definition) is 4. The van der Waals surface area contributed by atoms with Gasteiger partial charge in [-0.2, -0.15) is 0 Å². The molecule has 1 aromatic carbocycles. The maximum Gasteiger partial charge on any atom is 0.238 e. The number of rotatable bonds is 4. The summed E-state index contributed by atoms with van der Waals surface area (Å²) in [5.74, 6) is 1.54. The van der Waals surface area contributed by atoms with E-state index in [4.69, 9.17) is 21.2 Å². The summed E-state index contributed by atoms with van der Waals surface area (Å²) in [5.41, 5.74) is 0.486. The van der Waals surface area contributed by atoms with E-state index in [-0.39, 0.29) is 10.9 Å². The highest BCUT2D eigenvalue weighted by Gasteiger charge is 2.14. The fraction of sp³-hybridized carbons (Fsp3) is 0.231. The fourth-order valence-electron chi connectivity index (χ4n) is 1.78. The third-order valence-electron chi connectivity index (χ3n) is 2.83. The largest absolute Gasteiger partial charge is 0.464 e. The molecule has 3 N–H and O–H groups in total. The number of sulfonamides is 1. The van der Waals surface area contributed by atoms with Crippen LogP contribution in [0.4, 0.5) is 5.69 Å². The zero-order chi connectivity index (χ0) is 14.9. The van der Waals surface area contributed by atoms with Crippen LogP contribution in [0, 0.1) is 6.92 Å². The fourth-order valence-corrected chi connectivity index (χ4v) is 2.49. The van der Waals surface area contributed by atoms with Gasteiger partial charge in [0, 0.05) is 0 Å². The number of nitrogens with one attached hydrogen (secondary N) is 1. The first kappa shape index (κ1) is 14.9. The van der Waals surface area contributed by atoms with Crippen molar-refractivity contribution in [3.8, 4) is 0 Å². The second-order valence-electron chi connectivity index (χ2n) is 4.50. The maximum absolute atomic E-state index is 11.3. The molecule has 0 spiro atoms. The molecule has 5 nitrogen and oxygen atoms in total. The lowest BCUT2D eigenvalue weighted by Crippen LogP contribution is -2.13. The molecule has 1 atom stereocenters.